The van der Waals surface area contributed by atoms with Gasteiger partial charge in [-0.3, -0.25) is 4.90 Å². The van der Waals surface area contributed by atoms with Gasteiger partial charge in [0.1, 0.15) is 5.60 Å². The number of nitrogens with zero attached hydrogens (tertiary/aromatic N) is 2. The lowest BCUT2D eigenvalue weighted by molar-refractivity contribution is 0.0470. The molecule has 1 amide bonds. The first kappa shape index (κ1) is 20.5. The lowest BCUT2D eigenvalue weighted by atomic mass is 10.0. The van der Waals surface area contributed by atoms with E-state index in [1.54, 1.807) is 0 Å². The third-order valence-electron chi connectivity index (χ3n) is 5.11. The fraction of sp³-hybridized carbons (Fsp3) is 0.667. The predicted octanol–water partition coefficient (Wildman–Crippen LogP) is 4.54. The van der Waals surface area contributed by atoms with Gasteiger partial charge < -0.3 is 15.0 Å². The summed E-state index contributed by atoms with van der Waals surface area (Å²) in [6, 6.07) is 6.78. The number of ether oxygens (including phenoxy) is 1. The summed E-state index contributed by atoms with van der Waals surface area (Å²) in [5.74, 6) is 0. The van der Waals surface area contributed by atoms with Gasteiger partial charge in [0.15, 0.2) is 0 Å². The van der Waals surface area contributed by atoms with Gasteiger partial charge in [-0.2, -0.15) is 0 Å². The Balaban J connectivity index is 1.61. The summed E-state index contributed by atoms with van der Waals surface area (Å²) >= 11 is 3.63. The van der Waals surface area contributed by atoms with E-state index in [4.69, 9.17) is 4.74 Å². The Kier molecular flexibility index (Phi) is 6.69. The highest BCUT2D eigenvalue weighted by Crippen LogP contribution is 2.29. The molecule has 0 spiro atoms. The number of amides is 1. The van der Waals surface area contributed by atoms with Crippen LogP contribution in [-0.4, -0.2) is 48.8 Å². The van der Waals surface area contributed by atoms with E-state index < -0.39 is 5.60 Å². The van der Waals surface area contributed by atoms with Crippen molar-refractivity contribution in [1.82, 2.24) is 10.2 Å². The maximum Gasteiger partial charge on any atom is 0.407 e. The second-order valence-electron chi connectivity index (χ2n) is 8.69. The molecular formula is C21H32BrN3O2. The topological polar surface area (TPSA) is 44.8 Å². The maximum absolute atomic E-state index is 12.1. The van der Waals surface area contributed by atoms with Gasteiger partial charge in [-0.05, 0) is 70.7 Å². The van der Waals surface area contributed by atoms with Gasteiger partial charge in [0.05, 0.1) is 0 Å². The average molecular weight is 438 g/mol. The van der Waals surface area contributed by atoms with Gasteiger partial charge in [0.2, 0.25) is 0 Å². The summed E-state index contributed by atoms with van der Waals surface area (Å²) in [5.41, 5.74) is 2.27. The average Bonchev–Trinajstić information content (AvgIpc) is 3.09. The van der Waals surface area contributed by atoms with Crippen molar-refractivity contribution >= 4 is 27.7 Å². The van der Waals surface area contributed by atoms with Crippen LogP contribution in [-0.2, 0) is 11.3 Å². The zero-order chi connectivity index (χ0) is 19.4. The van der Waals surface area contributed by atoms with E-state index in [-0.39, 0.29) is 12.1 Å². The molecule has 0 saturated carbocycles. The number of rotatable bonds is 4. The van der Waals surface area contributed by atoms with E-state index >= 15 is 0 Å². The maximum atomic E-state index is 12.1. The van der Waals surface area contributed by atoms with Gasteiger partial charge in [-0.1, -0.05) is 22.0 Å². The van der Waals surface area contributed by atoms with Crippen molar-refractivity contribution in [2.24, 2.45) is 0 Å². The van der Waals surface area contributed by atoms with E-state index in [1.165, 1.54) is 24.1 Å². The third-order valence-corrected chi connectivity index (χ3v) is 5.61. The first-order valence-corrected chi connectivity index (χ1v) is 10.8. The molecule has 2 fully saturated rings. The van der Waals surface area contributed by atoms with E-state index in [1.807, 2.05) is 20.8 Å². The number of benzene rings is 1. The molecule has 1 N–H and O–H groups in total. The molecule has 0 aromatic heterocycles. The first-order chi connectivity index (χ1) is 12.8. The van der Waals surface area contributed by atoms with Crippen LogP contribution in [0.4, 0.5) is 10.5 Å². The van der Waals surface area contributed by atoms with Crippen LogP contribution in [0.2, 0.25) is 0 Å². The number of anilines is 1. The van der Waals surface area contributed by atoms with Crippen molar-refractivity contribution in [1.29, 1.82) is 0 Å². The lowest BCUT2D eigenvalue weighted by Crippen LogP contribution is -2.48. The highest BCUT2D eigenvalue weighted by molar-refractivity contribution is 9.10. The Morgan fingerprint density at radius 3 is 2.67 bits per heavy atom. The standard InChI is InChI=1S/C21H32BrN3O2/c1-21(2,3)27-20(26)23-18-7-6-10-24(15-18)14-16-8-9-17(22)13-19(16)25-11-4-5-12-25/h8-9,13,18H,4-7,10-12,14-15H2,1-3H3,(H,23,26). The monoisotopic (exact) mass is 437 g/mol. The van der Waals surface area contributed by atoms with Crippen LogP contribution in [0.5, 0.6) is 0 Å². The van der Waals surface area contributed by atoms with Crippen molar-refractivity contribution in [2.75, 3.05) is 31.1 Å². The molecule has 0 radical (unpaired) electrons. The summed E-state index contributed by atoms with van der Waals surface area (Å²) in [6.07, 6.45) is 4.34. The molecular weight excluding hydrogens is 406 g/mol. The molecule has 6 heteroatoms. The van der Waals surface area contributed by atoms with Crippen molar-refractivity contribution in [3.05, 3.63) is 28.2 Å². The molecule has 1 atom stereocenters. The Morgan fingerprint density at radius 2 is 1.96 bits per heavy atom. The number of nitrogens with one attached hydrogen (secondary N) is 1. The number of halogens is 1. The minimum atomic E-state index is -0.458. The summed E-state index contributed by atoms with van der Waals surface area (Å²) < 4.78 is 6.55. The molecule has 1 unspecified atom stereocenters. The van der Waals surface area contributed by atoms with Crippen LogP contribution < -0.4 is 10.2 Å². The molecule has 2 aliphatic rings. The number of carbonyl (C=O) groups excluding carboxylic acids is 1. The highest BCUT2D eigenvalue weighted by atomic mass is 79.9. The van der Waals surface area contributed by atoms with Crippen molar-refractivity contribution in [2.45, 2.75) is 64.6 Å². The SMILES string of the molecule is CC(C)(C)OC(=O)NC1CCCN(Cc2ccc(Br)cc2N2CCCC2)C1. The van der Waals surface area contributed by atoms with Crippen molar-refractivity contribution in [3.8, 4) is 0 Å². The smallest absolute Gasteiger partial charge is 0.407 e. The van der Waals surface area contributed by atoms with E-state index in [9.17, 15) is 4.79 Å². The van der Waals surface area contributed by atoms with Crippen LogP contribution in [0.15, 0.2) is 22.7 Å². The van der Waals surface area contributed by atoms with Crippen LogP contribution >= 0.6 is 15.9 Å². The number of alkyl carbamates (subject to hydrolysis) is 1. The van der Waals surface area contributed by atoms with Gasteiger partial charge in [0.25, 0.3) is 0 Å². The summed E-state index contributed by atoms with van der Waals surface area (Å²) in [7, 11) is 0. The molecule has 2 aliphatic heterocycles. The number of likely N-dealkylation sites (tertiary alicyclic amines) is 1. The second-order valence-corrected chi connectivity index (χ2v) is 9.60. The third kappa shape index (κ3) is 6.11. The summed E-state index contributed by atoms with van der Waals surface area (Å²) in [4.78, 5) is 17.0. The van der Waals surface area contributed by atoms with Gasteiger partial charge in [0, 0.05) is 42.4 Å². The largest absolute Gasteiger partial charge is 0.444 e. The Morgan fingerprint density at radius 1 is 1.22 bits per heavy atom. The molecule has 2 saturated heterocycles. The lowest BCUT2D eigenvalue weighted by Gasteiger charge is -2.34. The Bertz CT molecular complexity index is 653. The van der Waals surface area contributed by atoms with Crippen LogP contribution in [0.25, 0.3) is 0 Å². The Hall–Kier alpha value is -1.27. The van der Waals surface area contributed by atoms with E-state index in [0.717, 1.165) is 50.0 Å². The fourth-order valence-electron chi connectivity index (χ4n) is 3.96. The fourth-order valence-corrected chi connectivity index (χ4v) is 4.30. The van der Waals surface area contributed by atoms with E-state index in [0.29, 0.717) is 0 Å². The molecule has 1 aromatic rings. The molecule has 5 nitrogen and oxygen atoms in total. The van der Waals surface area contributed by atoms with Crippen molar-refractivity contribution in [3.63, 3.8) is 0 Å². The highest BCUT2D eigenvalue weighted by Gasteiger charge is 2.25. The minimum Gasteiger partial charge on any atom is -0.444 e. The molecule has 1 aromatic carbocycles. The van der Waals surface area contributed by atoms with Crippen LogP contribution in [0, 0.1) is 0 Å². The van der Waals surface area contributed by atoms with Crippen LogP contribution in [0.3, 0.4) is 0 Å². The molecule has 0 bridgehead atoms. The normalized spacial score (nSPS) is 21.3. The summed E-state index contributed by atoms with van der Waals surface area (Å²) in [5, 5.41) is 3.05. The van der Waals surface area contributed by atoms with Crippen LogP contribution in [0.1, 0.15) is 52.0 Å². The van der Waals surface area contributed by atoms with Gasteiger partial charge >= 0.3 is 6.09 Å². The minimum absolute atomic E-state index is 0.152. The number of hydrogen-bond donors (Lipinski definition) is 1. The van der Waals surface area contributed by atoms with Crippen molar-refractivity contribution < 1.29 is 9.53 Å². The molecule has 0 aliphatic carbocycles. The molecule has 27 heavy (non-hydrogen) atoms. The quantitative estimate of drug-likeness (QED) is 0.750. The van der Waals surface area contributed by atoms with E-state index in [2.05, 4.69) is 49.2 Å². The Labute approximate surface area is 171 Å². The number of carbonyl (C=O) groups is 1. The van der Waals surface area contributed by atoms with Gasteiger partial charge in [-0.25, -0.2) is 4.79 Å². The summed E-state index contributed by atoms with van der Waals surface area (Å²) in [6.45, 7) is 10.8. The zero-order valence-electron chi connectivity index (χ0n) is 16.8. The zero-order valence-corrected chi connectivity index (χ0v) is 18.3. The second kappa shape index (κ2) is 8.82. The molecule has 3 rings (SSSR count). The number of hydrogen-bond acceptors (Lipinski definition) is 4. The first-order valence-electron chi connectivity index (χ1n) is 10.1. The van der Waals surface area contributed by atoms with Gasteiger partial charge in [-0.15, -0.1) is 0 Å². The molecule has 150 valence electrons. The molecule has 2 heterocycles. The number of piperidine rings is 1. The predicted molar refractivity (Wildman–Crippen MR) is 113 cm³/mol.